The fourth-order valence-corrected chi connectivity index (χ4v) is 1.88. The van der Waals surface area contributed by atoms with Gasteiger partial charge in [0.25, 0.3) is 0 Å². The third kappa shape index (κ3) is 2.37. The summed E-state index contributed by atoms with van der Waals surface area (Å²) in [4.78, 5) is 4.23. The van der Waals surface area contributed by atoms with E-state index in [0.29, 0.717) is 16.5 Å². The maximum absolute atomic E-state index is 13.4. The van der Waals surface area contributed by atoms with Crippen molar-refractivity contribution in [3.05, 3.63) is 59.3 Å². The van der Waals surface area contributed by atoms with Crippen LogP contribution in [-0.4, -0.2) is 14.6 Å². The fourth-order valence-electron chi connectivity index (χ4n) is 1.68. The second-order valence-electron chi connectivity index (χ2n) is 3.87. The SMILES string of the molecule is Fc1ccccc1OCc1nc2c(Cl)cccn2n1. The number of nitrogens with zero attached hydrogens (tertiary/aromatic N) is 3. The lowest BCUT2D eigenvalue weighted by molar-refractivity contribution is 0.281. The third-order valence-corrected chi connectivity index (χ3v) is 2.85. The Hall–Kier alpha value is -2.14. The predicted molar refractivity (Wildman–Crippen MR) is 68.7 cm³/mol. The highest BCUT2D eigenvalue weighted by atomic mass is 35.5. The zero-order valence-electron chi connectivity index (χ0n) is 9.75. The Kier molecular flexibility index (Phi) is 3.05. The van der Waals surface area contributed by atoms with E-state index in [1.54, 1.807) is 41.0 Å². The average molecular weight is 278 g/mol. The van der Waals surface area contributed by atoms with Crippen molar-refractivity contribution in [2.24, 2.45) is 0 Å². The third-order valence-electron chi connectivity index (χ3n) is 2.55. The van der Waals surface area contributed by atoms with Crippen LogP contribution in [0.25, 0.3) is 5.65 Å². The van der Waals surface area contributed by atoms with Gasteiger partial charge in [-0.2, -0.15) is 0 Å². The second kappa shape index (κ2) is 4.85. The van der Waals surface area contributed by atoms with Crippen LogP contribution in [-0.2, 0) is 6.61 Å². The molecule has 0 saturated heterocycles. The first-order valence-electron chi connectivity index (χ1n) is 5.61. The van der Waals surface area contributed by atoms with E-state index < -0.39 is 5.82 Å². The van der Waals surface area contributed by atoms with Crippen LogP contribution in [0.1, 0.15) is 5.82 Å². The van der Waals surface area contributed by atoms with E-state index in [1.807, 2.05) is 0 Å². The number of hydrogen-bond donors (Lipinski definition) is 0. The first kappa shape index (κ1) is 11.9. The van der Waals surface area contributed by atoms with Crippen LogP contribution >= 0.6 is 11.6 Å². The summed E-state index contributed by atoms with van der Waals surface area (Å²) in [6.45, 7) is 0.0823. The smallest absolute Gasteiger partial charge is 0.189 e. The van der Waals surface area contributed by atoms with Crippen LogP contribution < -0.4 is 4.74 Å². The summed E-state index contributed by atoms with van der Waals surface area (Å²) < 4.78 is 20.3. The first-order chi connectivity index (χ1) is 9.24. The van der Waals surface area contributed by atoms with Crippen LogP contribution in [0.5, 0.6) is 5.75 Å². The molecule has 0 aliphatic rings. The second-order valence-corrected chi connectivity index (χ2v) is 4.28. The van der Waals surface area contributed by atoms with Crippen LogP contribution in [0.15, 0.2) is 42.6 Å². The molecule has 0 amide bonds. The van der Waals surface area contributed by atoms with E-state index in [0.717, 1.165) is 0 Å². The van der Waals surface area contributed by atoms with Gasteiger partial charge in [0.15, 0.2) is 23.0 Å². The number of aromatic nitrogens is 3. The Morgan fingerprint density at radius 1 is 1.21 bits per heavy atom. The Morgan fingerprint density at radius 3 is 2.84 bits per heavy atom. The van der Waals surface area contributed by atoms with E-state index in [-0.39, 0.29) is 12.4 Å². The molecule has 3 aromatic rings. The lowest BCUT2D eigenvalue weighted by Crippen LogP contribution is -1.99. The molecule has 19 heavy (non-hydrogen) atoms. The highest BCUT2D eigenvalue weighted by Gasteiger charge is 2.08. The van der Waals surface area contributed by atoms with Crippen molar-refractivity contribution in [1.82, 2.24) is 14.6 Å². The van der Waals surface area contributed by atoms with E-state index in [2.05, 4.69) is 10.1 Å². The number of halogens is 2. The summed E-state index contributed by atoms with van der Waals surface area (Å²) in [5.74, 6) is 0.202. The molecule has 0 N–H and O–H groups in total. The van der Waals surface area contributed by atoms with Crippen molar-refractivity contribution >= 4 is 17.2 Å². The van der Waals surface area contributed by atoms with E-state index >= 15 is 0 Å². The standard InChI is InChI=1S/C13H9ClFN3O/c14-9-4-3-7-18-13(9)16-12(17-18)8-19-11-6-2-1-5-10(11)15/h1-7H,8H2. The molecule has 1 aromatic carbocycles. The van der Waals surface area contributed by atoms with Crippen LogP contribution in [0.3, 0.4) is 0 Å². The van der Waals surface area contributed by atoms with Gasteiger partial charge >= 0.3 is 0 Å². The van der Waals surface area contributed by atoms with Gasteiger partial charge < -0.3 is 4.74 Å². The molecule has 2 heterocycles. The Morgan fingerprint density at radius 2 is 2.05 bits per heavy atom. The summed E-state index contributed by atoms with van der Waals surface area (Å²) in [5, 5.41) is 4.70. The molecular formula is C13H9ClFN3O. The van der Waals surface area contributed by atoms with Crippen molar-refractivity contribution in [3.63, 3.8) is 0 Å². The highest BCUT2D eigenvalue weighted by Crippen LogP contribution is 2.18. The maximum atomic E-state index is 13.4. The normalized spacial score (nSPS) is 10.8. The van der Waals surface area contributed by atoms with Gasteiger partial charge in [0.05, 0.1) is 5.02 Å². The highest BCUT2D eigenvalue weighted by molar-refractivity contribution is 6.33. The molecule has 2 aromatic heterocycles. The Balaban J connectivity index is 1.83. The number of benzene rings is 1. The van der Waals surface area contributed by atoms with Crippen LogP contribution in [0.2, 0.25) is 5.02 Å². The lowest BCUT2D eigenvalue weighted by atomic mass is 10.3. The molecule has 0 bridgehead atoms. The monoisotopic (exact) mass is 277 g/mol. The summed E-state index contributed by atoms with van der Waals surface area (Å²) >= 11 is 5.99. The van der Waals surface area contributed by atoms with Gasteiger partial charge in [-0.25, -0.2) is 13.9 Å². The molecule has 0 atom stereocenters. The molecule has 3 rings (SSSR count). The summed E-state index contributed by atoms with van der Waals surface area (Å²) in [7, 11) is 0. The first-order valence-corrected chi connectivity index (χ1v) is 5.99. The molecular weight excluding hydrogens is 269 g/mol. The molecule has 0 spiro atoms. The van der Waals surface area contributed by atoms with Gasteiger partial charge in [0.1, 0.15) is 6.61 Å². The topological polar surface area (TPSA) is 39.4 Å². The summed E-state index contributed by atoms with van der Waals surface area (Å²) in [6.07, 6.45) is 1.74. The number of ether oxygens (including phenoxy) is 1. The average Bonchev–Trinajstić information content (AvgIpc) is 2.82. The van der Waals surface area contributed by atoms with Gasteiger partial charge in [0, 0.05) is 6.20 Å². The summed E-state index contributed by atoms with van der Waals surface area (Å²) in [5.41, 5.74) is 0.552. The molecule has 0 aliphatic carbocycles. The minimum atomic E-state index is -0.413. The van der Waals surface area contributed by atoms with Crippen molar-refractivity contribution in [2.75, 3.05) is 0 Å². The summed E-state index contributed by atoms with van der Waals surface area (Å²) in [6, 6.07) is 9.69. The largest absolute Gasteiger partial charge is 0.482 e. The number of rotatable bonds is 3. The van der Waals surface area contributed by atoms with Crippen molar-refractivity contribution < 1.29 is 9.13 Å². The molecule has 0 radical (unpaired) electrons. The van der Waals surface area contributed by atoms with Crippen LogP contribution in [0, 0.1) is 5.82 Å². The van der Waals surface area contributed by atoms with Gasteiger partial charge in [-0.3, -0.25) is 0 Å². The Labute approximate surface area is 113 Å². The van der Waals surface area contributed by atoms with Gasteiger partial charge in [-0.05, 0) is 24.3 Å². The zero-order chi connectivity index (χ0) is 13.2. The molecule has 0 saturated carbocycles. The zero-order valence-corrected chi connectivity index (χ0v) is 10.5. The maximum Gasteiger partial charge on any atom is 0.189 e. The number of pyridine rings is 1. The predicted octanol–water partition coefficient (Wildman–Crippen LogP) is 3.10. The van der Waals surface area contributed by atoms with Crippen molar-refractivity contribution in [3.8, 4) is 5.75 Å². The van der Waals surface area contributed by atoms with Crippen molar-refractivity contribution in [1.29, 1.82) is 0 Å². The number of hydrogen-bond acceptors (Lipinski definition) is 3. The fraction of sp³-hybridized carbons (Fsp3) is 0.0769. The van der Waals surface area contributed by atoms with Crippen LogP contribution in [0.4, 0.5) is 4.39 Å². The molecule has 96 valence electrons. The van der Waals surface area contributed by atoms with E-state index in [1.165, 1.54) is 6.07 Å². The Bertz CT molecular complexity index is 729. The number of fused-ring (bicyclic) bond motifs is 1. The van der Waals surface area contributed by atoms with E-state index in [4.69, 9.17) is 16.3 Å². The number of para-hydroxylation sites is 1. The minimum absolute atomic E-state index is 0.0823. The molecule has 6 heteroatoms. The molecule has 0 fully saturated rings. The quantitative estimate of drug-likeness (QED) is 0.738. The van der Waals surface area contributed by atoms with E-state index in [9.17, 15) is 4.39 Å². The van der Waals surface area contributed by atoms with Gasteiger partial charge in [-0.15, -0.1) is 5.10 Å². The lowest BCUT2D eigenvalue weighted by Gasteiger charge is -2.03. The molecule has 0 unspecified atom stereocenters. The molecule has 4 nitrogen and oxygen atoms in total. The minimum Gasteiger partial charge on any atom is -0.482 e. The molecule has 0 aliphatic heterocycles. The van der Waals surface area contributed by atoms with Gasteiger partial charge in [-0.1, -0.05) is 23.7 Å². The van der Waals surface area contributed by atoms with Crippen molar-refractivity contribution in [2.45, 2.75) is 6.61 Å². The van der Waals surface area contributed by atoms with Gasteiger partial charge in [0.2, 0.25) is 0 Å².